The van der Waals surface area contributed by atoms with Gasteiger partial charge in [-0.3, -0.25) is 10.2 Å². The zero-order valence-corrected chi connectivity index (χ0v) is 20.9. The molecule has 0 saturated heterocycles. The molecule has 5 rings (SSSR count). The molecular formula is C27H29N5O3S. The smallest absolute Gasteiger partial charge is 0.348 e. The highest BCUT2D eigenvalue weighted by Gasteiger charge is 2.24. The summed E-state index contributed by atoms with van der Waals surface area (Å²) in [5.41, 5.74) is 14.7. The minimum Gasteiger partial charge on any atom is -0.465 e. The number of benzene rings is 2. The molecule has 8 nitrogen and oxygen atoms in total. The van der Waals surface area contributed by atoms with Gasteiger partial charge in [0.1, 0.15) is 16.4 Å². The van der Waals surface area contributed by atoms with Crippen molar-refractivity contribution in [2.75, 3.05) is 7.11 Å². The van der Waals surface area contributed by atoms with E-state index in [0.29, 0.717) is 22.7 Å². The molecule has 6 N–H and O–H groups in total. The van der Waals surface area contributed by atoms with E-state index in [1.165, 1.54) is 18.4 Å². The highest BCUT2D eigenvalue weighted by molar-refractivity contribution is 7.20. The second-order valence-electron chi connectivity index (χ2n) is 9.32. The maximum absolute atomic E-state index is 13.5. The summed E-state index contributed by atoms with van der Waals surface area (Å²) < 4.78 is 7.85. The molecule has 1 saturated carbocycles. The van der Waals surface area contributed by atoms with Gasteiger partial charge in [-0.1, -0.05) is 24.3 Å². The van der Waals surface area contributed by atoms with E-state index >= 15 is 0 Å². The number of amidine groups is 1. The Morgan fingerprint density at radius 3 is 2.64 bits per heavy atom. The Bertz CT molecular complexity index is 1480. The Morgan fingerprint density at radius 1 is 1.14 bits per heavy atom. The van der Waals surface area contributed by atoms with E-state index in [0.717, 1.165) is 52.2 Å². The first-order valence-electron chi connectivity index (χ1n) is 12.0. The number of nitrogens with two attached hydrogens (primary N) is 2. The Kier molecular flexibility index (Phi) is 6.51. The number of ether oxygens (including phenoxy) is 1. The summed E-state index contributed by atoms with van der Waals surface area (Å²) in [7, 11) is 1.37. The second-order valence-corrected chi connectivity index (χ2v) is 10.4. The number of fused-ring (bicyclic) bond motifs is 2. The van der Waals surface area contributed by atoms with E-state index in [1.54, 1.807) is 6.07 Å². The molecule has 0 unspecified atom stereocenters. The van der Waals surface area contributed by atoms with Gasteiger partial charge in [-0.2, -0.15) is 0 Å². The Hall–Kier alpha value is -3.69. The van der Waals surface area contributed by atoms with E-state index in [4.69, 9.17) is 21.6 Å². The summed E-state index contributed by atoms with van der Waals surface area (Å²) >= 11 is 1.38. The molecule has 1 aliphatic carbocycles. The molecule has 0 radical (unpaired) electrons. The molecule has 0 bridgehead atoms. The molecule has 0 atom stereocenters. The molecule has 1 amide bonds. The van der Waals surface area contributed by atoms with Crippen molar-refractivity contribution in [3.8, 4) is 0 Å². The van der Waals surface area contributed by atoms with Crippen LogP contribution in [0.15, 0.2) is 48.5 Å². The highest BCUT2D eigenvalue weighted by atomic mass is 32.1. The summed E-state index contributed by atoms with van der Waals surface area (Å²) in [6.45, 7) is 0.415. The van der Waals surface area contributed by atoms with Crippen molar-refractivity contribution in [3.05, 3.63) is 70.2 Å². The number of hydrogen-bond donors (Lipinski definition) is 4. The van der Waals surface area contributed by atoms with E-state index in [9.17, 15) is 9.59 Å². The van der Waals surface area contributed by atoms with Gasteiger partial charge in [0.25, 0.3) is 5.91 Å². The number of nitrogens with zero attached hydrogens (tertiary/aromatic N) is 1. The molecule has 1 aliphatic rings. The highest BCUT2D eigenvalue weighted by Crippen LogP contribution is 2.31. The number of carbonyl (C=O) groups is 2. The van der Waals surface area contributed by atoms with Crippen LogP contribution in [0.5, 0.6) is 0 Å². The van der Waals surface area contributed by atoms with Gasteiger partial charge >= 0.3 is 5.97 Å². The van der Waals surface area contributed by atoms with Crippen LogP contribution in [0.2, 0.25) is 0 Å². The van der Waals surface area contributed by atoms with Crippen molar-refractivity contribution in [1.82, 2.24) is 9.88 Å². The topological polar surface area (TPSA) is 136 Å². The molecule has 0 spiro atoms. The molecule has 186 valence electrons. The van der Waals surface area contributed by atoms with Gasteiger partial charge in [0.15, 0.2) is 0 Å². The average Bonchev–Trinajstić information content (AvgIpc) is 3.47. The maximum atomic E-state index is 13.5. The monoisotopic (exact) mass is 503 g/mol. The van der Waals surface area contributed by atoms with Crippen molar-refractivity contribution in [2.45, 2.75) is 44.3 Å². The molecule has 2 heterocycles. The largest absolute Gasteiger partial charge is 0.465 e. The van der Waals surface area contributed by atoms with Crippen LogP contribution in [-0.2, 0) is 11.3 Å². The van der Waals surface area contributed by atoms with Gasteiger partial charge in [0.05, 0.1) is 7.11 Å². The first-order valence-corrected chi connectivity index (χ1v) is 12.8. The fraction of sp³-hybridized carbons (Fsp3) is 0.296. The number of rotatable bonds is 6. The molecule has 36 heavy (non-hydrogen) atoms. The van der Waals surface area contributed by atoms with Gasteiger partial charge in [-0.25, -0.2) is 4.79 Å². The number of amides is 1. The number of thiophene rings is 1. The number of carbonyl (C=O) groups excluding carboxylic acids is 2. The minimum absolute atomic E-state index is 0.0307. The number of nitrogen functional groups attached to an aromatic ring is 1. The SMILES string of the molecule is COC(=O)c1cc2c(Cn3c(C(=O)NC4CCC(N)CC4)cc4ccc(C(=N)N)cc43)cccc2s1. The average molecular weight is 504 g/mol. The van der Waals surface area contributed by atoms with Crippen LogP contribution in [0.1, 0.15) is 57.0 Å². The summed E-state index contributed by atoms with van der Waals surface area (Å²) in [5, 5.41) is 12.9. The normalized spacial score (nSPS) is 17.8. The molecule has 4 aromatic rings. The lowest BCUT2D eigenvalue weighted by molar-refractivity contribution is 0.0606. The van der Waals surface area contributed by atoms with Gasteiger partial charge in [0.2, 0.25) is 0 Å². The number of hydrogen-bond acceptors (Lipinski definition) is 6. The Morgan fingerprint density at radius 2 is 1.92 bits per heavy atom. The fourth-order valence-electron chi connectivity index (χ4n) is 4.93. The van der Waals surface area contributed by atoms with Crippen LogP contribution in [0.25, 0.3) is 21.0 Å². The van der Waals surface area contributed by atoms with E-state index in [1.807, 2.05) is 47.0 Å². The summed E-state index contributed by atoms with van der Waals surface area (Å²) in [5.74, 6) is -0.535. The lowest BCUT2D eigenvalue weighted by atomic mass is 9.92. The second kappa shape index (κ2) is 9.75. The van der Waals surface area contributed by atoms with Crippen LogP contribution >= 0.6 is 11.3 Å². The van der Waals surface area contributed by atoms with Crippen LogP contribution in [0.3, 0.4) is 0 Å². The lowest BCUT2D eigenvalue weighted by Gasteiger charge is -2.27. The van der Waals surface area contributed by atoms with Crippen molar-refractivity contribution in [3.63, 3.8) is 0 Å². The summed E-state index contributed by atoms with van der Waals surface area (Å²) in [4.78, 5) is 26.2. The Balaban J connectivity index is 1.57. The van der Waals surface area contributed by atoms with E-state index in [2.05, 4.69) is 5.32 Å². The van der Waals surface area contributed by atoms with Crippen LogP contribution in [0.4, 0.5) is 0 Å². The van der Waals surface area contributed by atoms with Gasteiger partial charge in [-0.05, 0) is 60.9 Å². The Labute approximate surface area is 212 Å². The lowest BCUT2D eigenvalue weighted by Crippen LogP contribution is -2.41. The fourth-order valence-corrected chi connectivity index (χ4v) is 5.96. The molecule has 9 heteroatoms. The maximum Gasteiger partial charge on any atom is 0.348 e. The van der Waals surface area contributed by atoms with Crippen molar-refractivity contribution >= 4 is 50.0 Å². The summed E-state index contributed by atoms with van der Waals surface area (Å²) in [6, 6.07) is 15.5. The first-order chi connectivity index (χ1) is 17.3. The quantitative estimate of drug-likeness (QED) is 0.179. The number of aromatic nitrogens is 1. The van der Waals surface area contributed by atoms with Crippen LogP contribution in [0, 0.1) is 5.41 Å². The number of methoxy groups -OCH3 is 1. The molecule has 2 aromatic carbocycles. The zero-order chi connectivity index (χ0) is 25.4. The van der Waals surface area contributed by atoms with Gasteiger partial charge < -0.3 is 26.1 Å². The van der Waals surface area contributed by atoms with E-state index < -0.39 is 0 Å². The number of esters is 1. The predicted octanol–water partition coefficient (Wildman–Crippen LogP) is 3.97. The molecule has 1 fully saturated rings. The predicted molar refractivity (Wildman–Crippen MR) is 143 cm³/mol. The van der Waals surface area contributed by atoms with Crippen molar-refractivity contribution < 1.29 is 14.3 Å². The van der Waals surface area contributed by atoms with E-state index in [-0.39, 0.29) is 29.8 Å². The number of nitrogens with one attached hydrogen (secondary N) is 2. The van der Waals surface area contributed by atoms with Crippen molar-refractivity contribution in [1.29, 1.82) is 5.41 Å². The van der Waals surface area contributed by atoms with Crippen molar-refractivity contribution in [2.24, 2.45) is 11.5 Å². The molecule has 0 aliphatic heterocycles. The van der Waals surface area contributed by atoms with Gasteiger partial charge in [-0.15, -0.1) is 11.3 Å². The molecule has 2 aromatic heterocycles. The van der Waals surface area contributed by atoms with Gasteiger partial charge in [0, 0.05) is 39.8 Å². The summed E-state index contributed by atoms with van der Waals surface area (Å²) in [6.07, 6.45) is 3.54. The third-order valence-corrected chi connectivity index (χ3v) is 8.00. The molecular weight excluding hydrogens is 474 g/mol. The third kappa shape index (κ3) is 4.59. The minimum atomic E-state index is -0.369. The zero-order valence-electron chi connectivity index (χ0n) is 20.0. The van der Waals surface area contributed by atoms with Crippen LogP contribution < -0.4 is 16.8 Å². The standard InChI is InChI=1S/C27H29N5O3S/c1-35-27(34)24-13-20-17(3-2-4-23(20)36-24)14-32-21-12-16(25(29)30)6-5-15(21)11-22(32)26(33)31-19-9-7-18(28)8-10-19/h2-6,11-13,18-19H,7-10,14,28H2,1H3,(H3,29,30)(H,31,33). The van der Waals surface area contributed by atoms with Crippen LogP contribution in [-0.4, -0.2) is 41.5 Å². The third-order valence-electron chi connectivity index (χ3n) is 6.92. The first kappa shape index (κ1) is 24.0.